The highest BCUT2D eigenvalue weighted by Crippen LogP contribution is 2.40. The molecule has 0 aromatic heterocycles. The molecule has 0 bridgehead atoms. The van der Waals surface area contributed by atoms with Gasteiger partial charge < -0.3 is 10.0 Å². The van der Waals surface area contributed by atoms with Gasteiger partial charge in [0.05, 0.1) is 5.60 Å². The van der Waals surface area contributed by atoms with Crippen LogP contribution in [-0.4, -0.2) is 42.2 Å². The van der Waals surface area contributed by atoms with Gasteiger partial charge in [0.25, 0.3) is 0 Å². The first kappa shape index (κ1) is 14.2. The van der Waals surface area contributed by atoms with E-state index in [0.29, 0.717) is 0 Å². The van der Waals surface area contributed by atoms with Gasteiger partial charge in [-0.15, -0.1) is 0 Å². The van der Waals surface area contributed by atoms with Crippen LogP contribution in [0, 0.1) is 5.92 Å². The molecule has 4 heteroatoms. The van der Waals surface area contributed by atoms with E-state index in [1.54, 1.807) is 0 Å². The van der Waals surface area contributed by atoms with E-state index in [0.717, 1.165) is 35.1 Å². The summed E-state index contributed by atoms with van der Waals surface area (Å²) in [7, 11) is 4.11. The van der Waals surface area contributed by atoms with E-state index >= 15 is 0 Å². The maximum atomic E-state index is 11.1. The molecule has 0 radical (unpaired) electrons. The molecule has 1 aliphatic heterocycles. The number of halogens is 1. The van der Waals surface area contributed by atoms with Gasteiger partial charge in [-0.25, -0.2) is 0 Å². The Hall–Kier alpha value is -0.220. The zero-order chi connectivity index (χ0) is 13.2. The summed E-state index contributed by atoms with van der Waals surface area (Å²) in [5.41, 5.74) is 0.291. The maximum Gasteiger partial charge on any atom is 0.0952 e. The summed E-state index contributed by atoms with van der Waals surface area (Å²) in [4.78, 5) is 2.15. The van der Waals surface area contributed by atoms with E-state index in [-0.39, 0.29) is 5.92 Å². The second kappa shape index (κ2) is 5.83. The van der Waals surface area contributed by atoms with Gasteiger partial charge in [-0.1, -0.05) is 23.7 Å². The van der Waals surface area contributed by atoms with Gasteiger partial charge in [0.2, 0.25) is 0 Å². The molecule has 0 saturated carbocycles. The molecule has 100 valence electrons. The summed E-state index contributed by atoms with van der Waals surface area (Å²) in [5, 5.41) is 11.8. The minimum Gasteiger partial charge on any atom is -0.385 e. The molecule has 2 atom stereocenters. The Balaban J connectivity index is 2.26. The van der Waals surface area contributed by atoms with Crippen molar-refractivity contribution in [2.45, 2.75) is 12.0 Å². The monoisotopic (exact) mass is 285 g/mol. The first-order valence-corrected chi connectivity index (χ1v) is 7.76. The van der Waals surface area contributed by atoms with Gasteiger partial charge in [0.1, 0.15) is 0 Å². The number of aliphatic hydroxyl groups is 1. The van der Waals surface area contributed by atoms with E-state index in [1.807, 2.05) is 36.0 Å². The van der Waals surface area contributed by atoms with E-state index in [4.69, 9.17) is 11.6 Å². The summed E-state index contributed by atoms with van der Waals surface area (Å²) in [5.74, 6) is 2.30. The average molecular weight is 286 g/mol. The fourth-order valence-corrected chi connectivity index (χ4v) is 3.97. The van der Waals surface area contributed by atoms with Crippen LogP contribution < -0.4 is 0 Å². The molecule has 0 unspecified atom stereocenters. The summed E-state index contributed by atoms with van der Waals surface area (Å²) in [6.07, 6.45) is 0.817. The topological polar surface area (TPSA) is 23.5 Å². The first-order valence-electron chi connectivity index (χ1n) is 6.23. The van der Waals surface area contributed by atoms with Crippen LogP contribution >= 0.6 is 23.4 Å². The molecule has 1 aromatic carbocycles. The summed E-state index contributed by atoms with van der Waals surface area (Å²) < 4.78 is 0. The highest BCUT2D eigenvalue weighted by Gasteiger charge is 2.40. The number of rotatable bonds is 3. The van der Waals surface area contributed by atoms with Gasteiger partial charge in [0, 0.05) is 23.2 Å². The fraction of sp³-hybridized carbons (Fsp3) is 0.571. The molecule has 0 spiro atoms. The van der Waals surface area contributed by atoms with Crippen LogP contribution in [0.4, 0.5) is 0 Å². The first-order chi connectivity index (χ1) is 8.52. The number of nitrogens with zero attached hydrogens (tertiary/aromatic N) is 1. The zero-order valence-electron chi connectivity index (χ0n) is 10.9. The molecule has 1 aromatic rings. The van der Waals surface area contributed by atoms with Crippen molar-refractivity contribution in [3.8, 4) is 0 Å². The summed E-state index contributed by atoms with van der Waals surface area (Å²) in [6, 6.07) is 7.65. The van der Waals surface area contributed by atoms with E-state index < -0.39 is 5.60 Å². The average Bonchev–Trinajstić information content (AvgIpc) is 2.32. The molecule has 1 heterocycles. The maximum absolute atomic E-state index is 11.1. The normalized spacial score (nSPS) is 28.6. The van der Waals surface area contributed by atoms with Crippen molar-refractivity contribution in [1.29, 1.82) is 0 Å². The van der Waals surface area contributed by atoms with Gasteiger partial charge in [-0.05, 0) is 44.0 Å². The molecule has 18 heavy (non-hydrogen) atoms. The van der Waals surface area contributed by atoms with Crippen molar-refractivity contribution in [3.63, 3.8) is 0 Å². The molecule has 2 rings (SSSR count). The van der Waals surface area contributed by atoms with E-state index in [9.17, 15) is 5.11 Å². The van der Waals surface area contributed by atoms with Gasteiger partial charge in [-0.3, -0.25) is 0 Å². The van der Waals surface area contributed by atoms with Crippen molar-refractivity contribution < 1.29 is 5.11 Å². The second-order valence-corrected chi connectivity index (χ2v) is 6.80. The summed E-state index contributed by atoms with van der Waals surface area (Å²) >= 11 is 7.86. The predicted octanol–water partition coefficient (Wildman–Crippen LogP) is 2.84. The SMILES string of the molecule is CN(C)C[C@H]1CSCC[C@@]1(O)c1ccc(Cl)cc1. The van der Waals surface area contributed by atoms with Crippen LogP contribution in [0.2, 0.25) is 5.02 Å². The Morgan fingerprint density at radius 2 is 2.06 bits per heavy atom. The Labute approximate surface area is 118 Å². The lowest BCUT2D eigenvalue weighted by atomic mass is 9.79. The summed E-state index contributed by atoms with van der Waals surface area (Å²) in [6.45, 7) is 0.909. The predicted molar refractivity (Wildman–Crippen MR) is 79.3 cm³/mol. The van der Waals surface area contributed by atoms with Crippen LogP contribution in [0.1, 0.15) is 12.0 Å². The van der Waals surface area contributed by atoms with Gasteiger partial charge in [0.15, 0.2) is 0 Å². The highest BCUT2D eigenvalue weighted by molar-refractivity contribution is 7.99. The third-order valence-corrected chi connectivity index (χ3v) is 4.93. The van der Waals surface area contributed by atoms with Crippen molar-refractivity contribution in [1.82, 2.24) is 4.90 Å². The van der Waals surface area contributed by atoms with Crippen LogP contribution in [0.3, 0.4) is 0 Å². The van der Waals surface area contributed by atoms with Gasteiger partial charge in [-0.2, -0.15) is 11.8 Å². The van der Waals surface area contributed by atoms with Crippen molar-refractivity contribution >= 4 is 23.4 Å². The molecule has 0 aliphatic carbocycles. The number of hydrogen-bond acceptors (Lipinski definition) is 3. The Morgan fingerprint density at radius 3 is 2.67 bits per heavy atom. The minimum atomic E-state index is -0.708. The zero-order valence-corrected chi connectivity index (χ0v) is 12.5. The number of benzene rings is 1. The van der Waals surface area contributed by atoms with Crippen molar-refractivity contribution in [2.75, 3.05) is 32.1 Å². The number of hydrogen-bond donors (Lipinski definition) is 1. The lowest BCUT2D eigenvalue weighted by Gasteiger charge is -2.41. The highest BCUT2D eigenvalue weighted by atomic mass is 35.5. The minimum absolute atomic E-state index is 0.271. The Bertz CT molecular complexity index is 395. The largest absolute Gasteiger partial charge is 0.385 e. The van der Waals surface area contributed by atoms with Crippen LogP contribution in [0.25, 0.3) is 0 Å². The molecule has 0 amide bonds. The molecule has 1 aliphatic rings. The molecule has 1 saturated heterocycles. The van der Waals surface area contributed by atoms with Crippen molar-refractivity contribution in [3.05, 3.63) is 34.9 Å². The second-order valence-electron chi connectivity index (χ2n) is 5.22. The lowest BCUT2D eigenvalue weighted by Crippen LogP contribution is -2.45. The third-order valence-electron chi connectivity index (χ3n) is 3.55. The van der Waals surface area contributed by atoms with Crippen LogP contribution in [0.15, 0.2) is 24.3 Å². The Morgan fingerprint density at radius 1 is 1.39 bits per heavy atom. The molecule has 1 N–H and O–H groups in total. The quantitative estimate of drug-likeness (QED) is 0.924. The van der Waals surface area contributed by atoms with Crippen LogP contribution in [-0.2, 0) is 5.60 Å². The third kappa shape index (κ3) is 3.02. The smallest absolute Gasteiger partial charge is 0.0952 e. The molecular weight excluding hydrogens is 266 g/mol. The molecule has 1 fully saturated rings. The lowest BCUT2D eigenvalue weighted by molar-refractivity contribution is -0.0293. The molecule has 2 nitrogen and oxygen atoms in total. The fourth-order valence-electron chi connectivity index (χ4n) is 2.56. The van der Waals surface area contributed by atoms with Gasteiger partial charge >= 0.3 is 0 Å². The Kier molecular flexibility index (Phi) is 4.59. The van der Waals surface area contributed by atoms with Crippen LogP contribution in [0.5, 0.6) is 0 Å². The van der Waals surface area contributed by atoms with Crippen molar-refractivity contribution in [2.24, 2.45) is 5.92 Å². The molecular formula is C14H20ClNOS. The standard InChI is InChI=1S/C14H20ClNOS/c1-16(2)9-12-10-18-8-7-14(12,17)11-3-5-13(15)6-4-11/h3-6,12,17H,7-10H2,1-2H3/t12-,14+/m0/s1. The van der Waals surface area contributed by atoms with E-state index in [2.05, 4.69) is 19.0 Å². The number of thioether (sulfide) groups is 1. The van der Waals surface area contributed by atoms with E-state index in [1.165, 1.54) is 0 Å².